The molecule has 2 saturated carbocycles. The maximum atomic E-state index is 9.46. The summed E-state index contributed by atoms with van der Waals surface area (Å²) < 4.78 is 0. The molecule has 108 valence electrons. The lowest BCUT2D eigenvalue weighted by Crippen LogP contribution is -2.49. The van der Waals surface area contributed by atoms with Crippen LogP contribution in [0.4, 0.5) is 0 Å². The van der Waals surface area contributed by atoms with E-state index in [4.69, 9.17) is 0 Å². The van der Waals surface area contributed by atoms with E-state index >= 15 is 0 Å². The van der Waals surface area contributed by atoms with Crippen molar-refractivity contribution in [3.63, 3.8) is 0 Å². The molecular formula is C16H29N3. The van der Waals surface area contributed by atoms with E-state index in [1.165, 1.54) is 45.1 Å². The van der Waals surface area contributed by atoms with Crippen LogP contribution in [0.15, 0.2) is 0 Å². The van der Waals surface area contributed by atoms with Crippen molar-refractivity contribution in [1.82, 2.24) is 9.80 Å². The molecule has 0 amide bonds. The van der Waals surface area contributed by atoms with Gasteiger partial charge < -0.3 is 4.90 Å². The van der Waals surface area contributed by atoms with Crippen LogP contribution in [0.3, 0.4) is 0 Å². The largest absolute Gasteiger partial charge is 0.303 e. The van der Waals surface area contributed by atoms with Crippen molar-refractivity contribution in [1.29, 1.82) is 5.26 Å². The van der Waals surface area contributed by atoms with E-state index in [2.05, 4.69) is 22.9 Å². The van der Waals surface area contributed by atoms with Gasteiger partial charge in [0.05, 0.1) is 6.07 Å². The summed E-state index contributed by atoms with van der Waals surface area (Å²) in [4.78, 5) is 4.70. The summed E-state index contributed by atoms with van der Waals surface area (Å²) in [6.07, 6.45) is 10.1. The third kappa shape index (κ3) is 3.30. The third-order valence-electron chi connectivity index (χ3n) is 5.49. The van der Waals surface area contributed by atoms with E-state index in [1.807, 2.05) is 14.1 Å². The van der Waals surface area contributed by atoms with Gasteiger partial charge in [-0.25, -0.2) is 0 Å². The van der Waals surface area contributed by atoms with E-state index < -0.39 is 0 Å². The molecule has 0 aromatic carbocycles. The van der Waals surface area contributed by atoms with Crippen LogP contribution in [-0.2, 0) is 0 Å². The van der Waals surface area contributed by atoms with Crippen LogP contribution < -0.4 is 0 Å². The average molecular weight is 263 g/mol. The van der Waals surface area contributed by atoms with E-state index in [0.717, 1.165) is 18.8 Å². The first-order chi connectivity index (χ1) is 9.07. The second-order valence-electron chi connectivity index (χ2n) is 6.86. The predicted octanol–water partition coefficient (Wildman–Crippen LogP) is 2.87. The van der Waals surface area contributed by atoms with Crippen LogP contribution in [0, 0.1) is 17.2 Å². The van der Waals surface area contributed by atoms with E-state index in [9.17, 15) is 5.26 Å². The summed E-state index contributed by atoms with van der Waals surface area (Å²) >= 11 is 0. The fourth-order valence-electron chi connectivity index (χ4n) is 3.93. The number of nitrogens with zero attached hydrogens (tertiary/aromatic N) is 3. The van der Waals surface area contributed by atoms with Gasteiger partial charge in [0.15, 0.2) is 0 Å². The van der Waals surface area contributed by atoms with Crippen LogP contribution >= 0.6 is 0 Å². The zero-order valence-corrected chi connectivity index (χ0v) is 12.9. The Balaban J connectivity index is 1.83. The molecule has 0 N–H and O–H groups in total. The standard InChI is InChI=1S/C16H29N3/c1-18(2)16(13-17)10-8-15(9-11-16)19(3)12-14-6-4-5-7-14/h14-15H,4-12H2,1-3H3. The minimum absolute atomic E-state index is 0.204. The normalized spacial score (nSPS) is 32.9. The van der Waals surface area contributed by atoms with Crippen LogP contribution in [0.25, 0.3) is 0 Å². The Hall–Kier alpha value is -0.590. The van der Waals surface area contributed by atoms with Gasteiger partial charge in [-0.2, -0.15) is 5.26 Å². The van der Waals surface area contributed by atoms with Gasteiger partial charge in [-0.15, -0.1) is 0 Å². The Labute approximate surface area is 118 Å². The van der Waals surface area contributed by atoms with Crippen molar-refractivity contribution in [2.45, 2.75) is 62.9 Å². The van der Waals surface area contributed by atoms with Crippen LogP contribution in [0.2, 0.25) is 0 Å². The fraction of sp³-hybridized carbons (Fsp3) is 0.938. The topological polar surface area (TPSA) is 30.3 Å². The summed E-state index contributed by atoms with van der Waals surface area (Å²) in [6.45, 7) is 1.27. The number of nitriles is 1. The van der Waals surface area contributed by atoms with Crippen molar-refractivity contribution < 1.29 is 0 Å². The Kier molecular flexibility index (Phi) is 4.86. The highest BCUT2D eigenvalue weighted by Gasteiger charge is 2.38. The molecule has 0 heterocycles. The van der Waals surface area contributed by atoms with Gasteiger partial charge in [-0.3, -0.25) is 4.90 Å². The minimum Gasteiger partial charge on any atom is -0.303 e. The first-order valence-corrected chi connectivity index (χ1v) is 7.86. The summed E-state index contributed by atoms with van der Waals surface area (Å²) in [7, 11) is 6.38. The Morgan fingerprint density at radius 2 is 1.63 bits per heavy atom. The Morgan fingerprint density at radius 3 is 2.11 bits per heavy atom. The highest BCUT2D eigenvalue weighted by molar-refractivity contribution is 5.10. The summed E-state index contributed by atoms with van der Waals surface area (Å²) in [5, 5.41) is 9.46. The van der Waals surface area contributed by atoms with E-state index in [-0.39, 0.29) is 5.54 Å². The summed E-state index contributed by atoms with van der Waals surface area (Å²) in [5.41, 5.74) is -0.204. The highest BCUT2D eigenvalue weighted by atomic mass is 15.2. The first-order valence-electron chi connectivity index (χ1n) is 7.86. The second-order valence-corrected chi connectivity index (χ2v) is 6.86. The number of hydrogen-bond donors (Lipinski definition) is 0. The molecule has 0 aromatic heterocycles. The molecule has 2 aliphatic rings. The lowest BCUT2D eigenvalue weighted by molar-refractivity contribution is 0.0913. The highest BCUT2D eigenvalue weighted by Crippen LogP contribution is 2.34. The molecule has 2 rings (SSSR count). The Morgan fingerprint density at radius 1 is 1.05 bits per heavy atom. The Bertz CT molecular complexity index is 317. The second kappa shape index (κ2) is 6.24. The third-order valence-corrected chi connectivity index (χ3v) is 5.49. The van der Waals surface area contributed by atoms with Crippen LogP contribution in [0.5, 0.6) is 0 Å². The lowest BCUT2D eigenvalue weighted by atomic mass is 9.79. The van der Waals surface area contributed by atoms with Gasteiger partial charge in [-0.1, -0.05) is 12.8 Å². The predicted molar refractivity (Wildman–Crippen MR) is 78.9 cm³/mol. The molecule has 0 bridgehead atoms. The zero-order valence-electron chi connectivity index (χ0n) is 12.9. The molecule has 2 aliphatic carbocycles. The molecule has 0 radical (unpaired) electrons. The SMILES string of the molecule is CN(CC1CCCC1)C1CCC(C#N)(N(C)C)CC1. The van der Waals surface area contributed by atoms with Gasteiger partial charge in [-0.05, 0) is 65.6 Å². The van der Waals surface area contributed by atoms with Gasteiger partial charge in [0.25, 0.3) is 0 Å². The zero-order chi connectivity index (χ0) is 13.9. The molecule has 0 atom stereocenters. The minimum atomic E-state index is -0.204. The average Bonchev–Trinajstić information content (AvgIpc) is 2.91. The molecule has 2 fully saturated rings. The maximum Gasteiger partial charge on any atom is 0.108 e. The van der Waals surface area contributed by atoms with Gasteiger partial charge >= 0.3 is 0 Å². The molecule has 0 unspecified atom stereocenters. The first kappa shape index (κ1) is 14.8. The number of rotatable bonds is 4. The summed E-state index contributed by atoms with van der Waals surface area (Å²) in [6, 6.07) is 3.25. The molecule has 0 spiro atoms. The smallest absolute Gasteiger partial charge is 0.108 e. The van der Waals surface area contributed by atoms with Crippen molar-refractivity contribution in [3.8, 4) is 6.07 Å². The molecule has 0 aliphatic heterocycles. The molecule has 0 saturated heterocycles. The van der Waals surface area contributed by atoms with Gasteiger partial charge in [0.2, 0.25) is 0 Å². The van der Waals surface area contributed by atoms with Crippen LogP contribution in [0.1, 0.15) is 51.4 Å². The molecule has 3 nitrogen and oxygen atoms in total. The molecule has 0 aromatic rings. The summed E-state index contributed by atoms with van der Waals surface area (Å²) in [5.74, 6) is 0.932. The van der Waals surface area contributed by atoms with Gasteiger partial charge in [0, 0.05) is 12.6 Å². The fourth-order valence-corrected chi connectivity index (χ4v) is 3.93. The van der Waals surface area contributed by atoms with E-state index in [0.29, 0.717) is 6.04 Å². The van der Waals surface area contributed by atoms with Crippen molar-refractivity contribution in [3.05, 3.63) is 0 Å². The van der Waals surface area contributed by atoms with E-state index in [1.54, 1.807) is 0 Å². The van der Waals surface area contributed by atoms with Crippen molar-refractivity contribution in [2.24, 2.45) is 5.92 Å². The van der Waals surface area contributed by atoms with Crippen molar-refractivity contribution in [2.75, 3.05) is 27.7 Å². The lowest BCUT2D eigenvalue weighted by Gasteiger charge is -2.42. The van der Waals surface area contributed by atoms with Crippen molar-refractivity contribution >= 4 is 0 Å². The van der Waals surface area contributed by atoms with Gasteiger partial charge in [0.1, 0.15) is 5.54 Å². The maximum absolute atomic E-state index is 9.46. The molecule has 19 heavy (non-hydrogen) atoms. The monoisotopic (exact) mass is 263 g/mol. The molecule has 3 heteroatoms. The number of hydrogen-bond acceptors (Lipinski definition) is 3. The molecular weight excluding hydrogens is 234 g/mol. The quantitative estimate of drug-likeness (QED) is 0.781. The van der Waals surface area contributed by atoms with Crippen LogP contribution in [-0.4, -0.2) is 49.1 Å².